The van der Waals surface area contributed by atoms with Crippen molar-refractivity contribution in [2.24, 2.45) is 5.73 Å². The van der Waals surface area contributed by atoms with Crippen molar-refractivity contribution in [3.8, 4) is 0 Å². The number of aliphatic hydroxyl groups excluding tert-OH is 4. The fraction of sp³-hybridized carbons (Fsp3) is 0.889. The average molecular weight is 251 g/mol. The van der Waals surface area contributed by atoms with Crippen LogP contribution in [0, 0.1) is 0 Å². The van der Waals surface area contributed by atoms with Gasteiger partial charge in [-0.25, -0.2) is 0 Å². The number of ether oxygens (including phenoxy) is 1. The van der Waals surface area contributed by atoms with E-state index in [4.69, 9.17) is 15.6 Å². The number of aliphatic hydroxyl groups is 5. The van der Waals surface area contributed by atoms with Crippen LogP contribution < -0.4 is 5.73 Å². The van der Waals surface area contributed by atoms with Gasteiger partial charge in [-0.15, -0.1) is 0 Å². The first-order valence-corrected chi connectivity index (χ1v) is 5.06. The summed E-state index contributed by atoms with van der Waals surface area (Å²) in [6.07, 6.45) is -7.62. The maximum Gasteiger partial charge on any atom is 0.251 e. The van der Waals surface area contributed by atoms with E-state index in [-0.39, 0.29) is 0 Å². The van der Waals surface area contributed by atoms with Crippen LogP contribution in [0.5, 0.6) is 0 Å². The second-order valence-electron chi connectivity index (χ2n) is 4.26. The van der Waals surface area contributed by atoms with Gasteiger partial charge in [0.15, 0.2) is 5.60 Å². The predicted octanol–water partition coefficient (Wildman–Crippen LogP) is -3.93. The Bertz CT molecular complexity index is 293. The number of amides is 1. The number of carbonyl (C=O) groups excluding carboxylic acids is 1. The molecular formula is C9H17NO7. The molecule has 1 aliphatic rings. The number of rotatable bonds is 3. The highest BCUT2D eigenvalue weighted by atomic mass is 16.6. The van der Waals surface area contributed by atoms with Crippen LogP contribution in [0.2, 0.25) is 0 Å². The summed E-state index contributed by atoms with van der Waals surface area (Å²) >= 11 is 0. The SMILES string of the molecule is CC(O)(C(N)=O)[C@@H]1O[C@H](CO)[C@@H](O)[C@H](O)[C@H]1O. The summed E-state index contributed by atoms with van der Waals surface area (Å²) in [5.74, 6) is -1.15. The Morgan fingerprint density at radius 2 is 1.82 bits per heavy atom. The molecule has 8 heteroatoms. The third-order valence-corrected chi connectivity index (χ3v) is 2.95. The highest BCUT2D eigenvalue weighted by Crippen LogP contribution is 2.28. The van der Waals surface area contributed by atoms with Gasteiger partial charge in [-0.05, 0) is 6.92 Å². The van der Waals surface area contributed by atoms with E-state index in [1.165, 1.54) is 0 Å². The van der Waals surface area contributed by atoms with Gasteiger partial charge < -0.3 is 36.0 Å². The Kier molecular flexibility index (Phi) is 4.07. The van der Waals surface area contributed by atoms with E-state index in [0.29, 0.717) is 0 Å². The second kappa shape index (κ2) is 4.84. The first kappa shape index (κ1) is 14.3. The Morgan fingerprint density at radius 3 is 2.24 bits per heavy atom. The lowest BCUT2D eigenvalue weighted by atomic mass is 9.85. The summed E-state index contributed by atoms with van der Waals surface area (Å²) in [6, 6.07) is 0. The third kappa shape index (κ3) is 2.41. The average Bonchev–Trinajstić information content (AvgIpc) is 2.26. The van der Waals surface area contributed by atoms with Crippen LogP contribution in [0.25, 0.3) is 0 Å². The monoisotopic (exact) mass is 251 g/mol. The number of primary amides is 1. The summed E-state index contributed by atoms with van der Waals surface area (Å²) in [5, 5.41) is 47.2. The number of carbonyl (C=O) groups is 1. The molecule has 0 saturated carbocycles. The molecule has 100 valence electrons. The van der Waals surface area contributed by atoms with Gasteiger partial charge in [0.05, 0.1) is 6.61 Å². The molecule has 17 heavy (non-hydrogen) atoms. The Labute approximate surface area is 97.2 Å². The predicted molar refractivity (Wildman–Crippen MR) is 53.6 cm³/mol. The van der Waals surface area contributed by atoms with Crippen LogP contribution in [-0.4, -0.2) is 74.2 Å². The largest absolute Gasteiger partial charge is 0.394 e. The van der Waals surface area contributed by atoms with Gasteiger partial charge >= 0.3 is 0 Å². The van der Waals surface area contributed by atoms with E-state index < -0.39 is 48.6 Å². The molecule has 1 aliphatic heterocycles. The highest BCUT2D eigenvalue weighted by Gasteiger charge is 2.52. The fourth-order valence-electron chi connectivity index (χ4n) is 1.71. The number of hydrogen-bond acceptors (Lipinski definition) is 7. The first-order chi connectivity index (χ1) is 7.73. The molecule has 0 aromatic heterocycles. The van der Waals surface area contributed by atoms with Gasteiger partial charge in [0.1, 0.15) is 30.5 Å². The fourth-order valence-corrected chi connectivity index (χ4v) is 1.71. The van der Waals surface area contributed by atoms with Crippen LogP contribution in [-0.2, 0) is 9.53 Å². The molecule has 0 radical (unpaired) electrons. The molecule has 0 aromatic carbocycles. The Hall–Kier alpha value is -0.770. The highest BCUT2D eigenvalue weighted by molar-refractivity contribution is 5.83. The van der Waals surface area contributed by atoms with E-state index in [9.17, 15) is 25.2 Å². The zero-order chi connectivity index (χ0) is 13.4. The molecule has 0 aromatic rings. The van der Waals surface area contributed by atoms with Crippen molar-refractivity contribution < 1.29 is 35.1 Å². The summed E-state index contributed by atoms with van der Waals surface area (Å²) in [5.41, 5.74) is 2.72. The molecule has 6 atom stereocenters. The van der Waals surface area contributed by atoms with E-state index in [0.717, 1.165) is 6.92 Å². The van der Waals surface area contributed by atoms with Crippen LogP contribution >= 0.6 is 0 Å². The number of hydrogen-bond donors (Lipinski definition) is 6. The topological polar surface area (TPSA) is 153 Å². The minimum atomic E-state index is -2.23. The minimum Gasteiger partial charge on any atom is -0.394 e. The van der Waals surface area contributed by atoms with E-state index >= 15 is 0 Å². The lowest BCUT2D eigenvalue weighted by Crippen LogP contribution is -2.67. The van der Waals surface area contributed by atoms with Crippen LogP contribution in [0.3, 0.4) is 0 Å². The molecule has 1 amide bonds. The van der Waals surface area contributed by atoms with Crippen molar-refractivity contribution in [2.45, 2.75) is 43.0 Å². The maximum atomic E-state index is 11.0. The molecule has 1 fully saturated rings. The molecule has 1 saturated heterocycles. The number of nitrogens with two attached hydrogens (primary N) is 1. The molecule has 1 heterocycles. The summed E-state index contributed by atoms with van der Waals surface area (Å²) in [6.45, 7) is 0.373. The molecule has 8 nitrogen and oxygen atoms in total. The molecule has 1 rings (SSSR count). The van der Waals surface area contributed by atoms with Gasteiger partial charge in [-0.3, -0.25) is 4.79 Å². The zero-order valence-electron chi connectivity index (χ0n) is 9.22. The quantitative estimate of drug-likeness (QED) is 0.299. The minimum absolute atomic E-state index is 0.643. The summed E-state index contributed by atoms with van der Waals surface area (Å²) in [4.78, 5) is 11.0. The normalized spacial score (nSPS) is 41.9. The van der Waals surface area contributed by atoms with Crippen molar-refractivity contribution in [3.05, 3.63) is 0 Å². The molecule has 1 unspecified atom stereocenters. The zero-order valence-corrected chi connectivity index (χ0v) is 9.22. The lowest BCUT2D eigenvalue weighted by Gasteiger charge is -2.44. The molecular weight excluding hydrogens is 234 g/mol. The molecule has 7 N–H and O–H groups in total. The van der Waals surface area contributed by atoms with Gasteiger partial charge in [0.25, 0.3) is 5.91 Å². The Balaban J connectivity index is 2.97. The lowest BCUT2D eigenvalue weighted by molar-refractivity contribution is -0.262. The van der Waals surface area contributed by atoms with Crippen LogP contribution in [0.15, 0.2) is 0 Å². The molecule has 0 bridgehead atoms. The summed E-state index contributed by atoms with van der Waals surface area (Å²) in [7, 11) is 0. The van der Waals surface area contributed by atoms with Crippen molar-refractivity contribution in [2.75, 3.05) is 6.61 Å². The van der Waals surface area contributed by atoms with E-state index in [1.54, 1.807) is 0 Å². The van der Waals surface area contributed by atoms with Crippen molar-refractivity contribution in [3.63, 3.8) is 0 Å². The third-order valence-electron chi connectivity index (χ3n) is 2.95. The Morgan fingerprint density at radius 1 is 1.29 bits per heavy atom. The molecule has 0 spiro atoms. The smallest absolute Gasteiger partial charge is 0.251 e. The maximum absolute atomic E-state index is 11.0. The van der Waals surface area contributed by atoms with Gasteiger partial charge in [0, 0.05) is 0 Å². The van der Waals surface area contributed by atoms with Crippen LogP contribution in [0.4, 0.5) is 0 Å². The standard InChI is InChI=1S/C9H17NO7/c1-9(16,8(10)15)7-6(14)5(13)4(12)3(2-11)17-7/h3-7,11-14,16H,2H2,1H3,(H2,10,15)/t3-,4-,5+,6-,7-,9?/m1/s1. The van der Waals surface area contributed by atoms with Gasteiger partial charge in [0.2, 0.25) is 0 Å². The second-order valence-corrected chi connectivity index (χ2v) is 4.26. The van der Waals surface area contributed by atoms with Crippen LogP contribution in [0.1, 0.15) is 6.92 Å². The van der Waals surface area contributed by atoms with E-state index in [2.05, 4.69) is 0 Å². The summed E-state index contributed by atoms with van der Waals surface area (Å²) < 4.78 is 5.00. The molecule has 0 aliphatic carbocycles. The van der Waals surface area contributed by atoms with E-state index in [1.807, 2.05) is 0 Å². The van der Waals surface area contributed by atoms with Crippen molar-refractivity contribution in [1.82, 2.24) is 0 Å². The van der Waals surface area contributed by atoms with Gasteiger partial charge in [-0.1, -0.05) is 0 Å². The van der Waals surface area contributed by atoms with Crippen molar-refractivity contribution in [1.29, 1.82) is 0 Å². The van der Waals surface area contributed by atoms with Crippen molar-refractivity contribution >= 4 is 5.91 Å². The first-order valence-electron chi connectivity index (χ1n) is 5.06. The van der Waals surface area contributed by atoms with Gasteiger partial charge in [-0.2, -0.15) is 0 Å².